The topological polar surface area (TPSA) is 77.3 Å². The van der Waals surface area contributed by atoms with Crippen LogP contribution in [0.4, 0.5) is 4.39 Å². The average Bonchev–Trinajstić information content (AvgIpc) is 1.58. The van der Waals surface area contributed by atoms with Gasteiger partial charge in [0, 0.05) is 38.6 Å². The number of halogens is 1. The Kier molecular flexibility index (Phi) is 12.0. The summed E-state index contributed by atoms with van der Waals surface area (Å²) in [6, 6.07) is 70.6. The SMILES string of the molecule is CCc1ccc(-c2nc(-c3ccccc3)nc(-c3cc(-c4nc(-c5ccccc5)nc(-c5ccc(C(C)C)cc5)n4)c(-c4ccc5c(c4)-c4c(-c6cccc7c6-c6ccccc6C7(C)C)cccc4C54C5CC6CC(C5)CC4C6)cc3F)n2)cc1. The molecule has 1 spiro atoms. The zero-order chi connectivity index (χ0) is 57.3. The number of hydrogen-bond donors (Lipinski definition) is 0. The van der Waals surface area contributed by atoms with Crippen LogP contribution in [0.15, 0.2) is 200 Å². The van der Waals surface area contributed by atoms with Crippen LogP contribution in [0.2, 0.25) is 0 Å². The Labute approximate surface area is 497 Å². The average molecular weight is 1110 g/mol. The van der Waals surface area contributed by atoms with E-state index in [1.54, 1.807) is 6.07 Å². The minimum absolute atomic E-state index is 0.123. The first-order valence-corrected chi connectivity index (χ1v) is 30.7. The lowest BCUT2D eigenvalue weighted by Gasteiger charge is -2.61. The number of fused-ring (bicyclic) bond motifs is 6. The van der Waals surface area contributed by atoms with Gasteiger partial charge in [-0.1, -0.05) is 217 Å². The monoisotopic (exact) mass is 1100 g/mol. The predicted molar refractivity (Wildman–Crippen MR) is 341 cm³/mol. The molecule has 4 bridgehead atoms. The molecule has 6 aliphatic rings. The molecule has 0 saturated heterocycles. The van der Waals surface area contributed by atoms with E-state index < -0.39 is 5.82 Å². The number of aromatic nitrogens is 6. The largest absolute Gasteiger partial charge is 0.208 e. The van der Waals surface area contributed by atoms with E-state index in [1.165, 1.54) is 98.9 Å². The zero-order valence-corrected chi connectivity index (χ0v) is 48.7. The lowest BCUT2D eigenvalue weighted by Crippen LogP contribution is -2.55. The zero-order valence-electron chi connectivity index (χ0n) is 48.7. The van der Waals surface area contributed by atoms with Crippen molar-refractivity contribution >= 4 is 0 Å². The van der Waals surface area contributed by atoms with Gasteiger partial charge in [0.15, 0.2) is 34.9 Å². The summed E-state index contributed by atoms with van der Waals surface area (Å²) in [6.07, 6.45) is 7.32. The molecule has 0 amide bonds. The van der Waals surface area contributed by atoms with E-state index >= 15 is 4.39 Å². The summed E-state index contributed by atoms with van der Waals surface area (Å²) in [5.41, 5.74) is 21.2. The van der Waals surface area contributed by atoms with Gasteiger partial charge in [-0.05, 0) is 164 Å². The Morgan fingerprint density at radius 1 is 0.388 bits per heavy atom. The van der Waals surface area contributed by atoms with Gasteiger partial charge < -0.3 is 0 Å². The van der Waals surface area contributed by atoms with Crippen molar-refractivity contribution in [1.29, 1.82) is 0 Å². The third-order valence-electron chi connectivity index (χ3n) is 20.3. The molecule has 0 unspecified atom stereocenters. The number of aryl methyl sites for hydroxylation is 1. The maximum absolute atomic E-state index is 18.3. The van der Waals surface area contributed by atoms with E-state index in [-0.39, 0.29) is 22.2 Å². The van der Waals surface area contributed by atoms with E-state index in [1.807, 2.05) is 78.9 Å². The molecule has 6 nitrogen and oxygen atoms in total. The van der Waals surface area contributed by atoms with Crippen LogP contribution in [-0.4, -0.2) is 29.9 Å². The molecule has 2 heterocycles. The predicted octanol–water partition coefficient (Wildman–Crippen LogP) is 19.2. The molecule has 9 aromatic carbocycles. The Hall–Kier alpha value is -9.07. The standard InChI is InChI=1S/C78H65FN6/c1-6-46-27-29-52(30-28-46)73-81-72(51-19-11-8-12-20-51)84-76(85-73)63-43-61(75-82-71(50-17-9-7-10-18-50)80-74(83-75)53-33-31-49(32-34-53)45(2)3)60(44-68(63)79)54-35-36-65-62(42-54)70-58(57-22-15-25-66-69(57)59-21-13-14-24-64(59)77(66,4)5)23-16-26-67(70)78(65)55-38-47-37-48(40-55)41-56(78)39-47/h7-36,42-45,47-48,55-56H,6,37-41H2,1-5H3. The van der Waals surface area contributed by atoms with Crippen LogP contribution in [0.25, 0.3) is 113 Å². The van der Waals surface area contributed by atoms with Crippen molar-refractivity contribution in [2.24, 2.45) is 23.7 Å². The van der Waals surface area contributed by atoms with Crippen LogP contribution >= 0.6 is 0 Å². The molecule has 85 heavy (non-hydrogen) atoms. The lowest BCUT2D eigenvalue weighted by atomic mass is 9.43. The summed E-state index contributed by atoms with van der Waals surface area (Å²) < 4.78 is 18.3. The third-order valence-corrected chi connectivity index (χ3v) is 20.3. The van der Waals surface area contributed by atoms with E-state index in [9.17, 15) is 0 Å². The Bertz CT molecular complexity index is 4440. The highest BCUT2D eigenvalue weighted by molar-refractivity contribution is 6.01. The summed E-state index contributed by atoms with van der Waals surface area (Å²) in [5.74, 6) is 5.14. The Morgan fingerprint density at radius 3 is 1.44 bits per heavy atom. The van der Waals surface area contributed by atoms with E-state index in [4.69, 9.17) is 29.9 Å². The van der Waals surface area contributed by atoms with Crippen molar-refractivity contribution in [2.75, 3.05) is 0 Å². The van der Waals surface area contributed by atoms with E-state index in [0.29, 0.717) is 58.0 Å². The molecule has 414 valence electrons. The minimum Gasteiger partial charge on any atom is -0.208 e. The van der Waals surface area contributed by atoms with E-state index in [2.05, 4.69) is 150 Å². The van der Waals surface area contributed by atoms with Crippen LogP contribution in [0.5, 0.6) is 0 Å². The van der Waals surface area contributed by atoms with Crippen molar-refractivity contribution in [3.63, 3.8) is 0 Å². The van der Waals surface area contributed by atoms with Crippen molar-refractivity contribution < 1.29 is 4.39 Å². The maximum Gasteiger partial charge on any atom is 0.167 e. The maximum atomic E-state index is 18.3. The molecule has 4 saturated carbocycles. The highest BCUT2D eigenvalue weighted by Gasteiger charge is 2.62. The van der Waals surface area contributed by atoms with Gasteiger partial charge in [0.1, 0.15) is 5.82 Å². The fraction of sp³-hybridized carbons (Fsp3) is 0.231. The molecular weight excluding hydrogens is 1040 g/mol. The molecule has 0 atom stereocenters. The summed E-state index contributed by atoms with van der Waals surface area (Å²) in [5, 5.41) is 0. The molecule has 0 N–H and O–H groups in total. The third kappa shape index (κ3) is 8.17. The quantitative estimate of drug-likeness (QED) is 0.136. The Morgan fingerprint density at radius 2 is 0.859 bits per heavy atom. The molecular formula is C78H65FN6. The first kappa shape index (κ1) is 51.6. The van der Waals surface area contributed by atoms with Gasteiger partial charge in [-0.2, -0.15) is 0 Å². The van der Waals surface area contributed by atoms with Crippen LogP contribution in [0, 0.1) is 29.5 Å². The van der Waals surface area contributed by atoms with E-state index in [0.717, 1.165) is 46.1 Å². The van der Waals surface area contributed by atoms with Crippen LogP contribution in [0.3, 0.4) is 0 Å². The lowest BCUT2D eigenvalue weighted by molar-refractivity contribution is -0.0399. The smallest absolute Gasteiger partial charge is 0.167 e. The van der Waals surface area contributed by atoms with Gasteiger partial charge in [0.25, 0.3) is 0 Å². The number of benzene rings is 9. The number of nitrogens with zero attached hydrogens (tertiary/aromatic N) is 6. The summed E-state index contributed by atoms with van der Waals surface area (Å²) in [6.45, 7) is 11.3. The summed E-state index contributed by atoms with van der Waals surface area (Å²) >= 11 is 0. The molecule has 4 fully saturated rings. The van der Waals surface area contributed by atoms with Crippen LogP contribution in [0.1, 0.15) is 106 Å². The number of hydrogen-bond acceptors (Lipinski definition) is 6. The van der Waals surface area contributed by atoms with Gasteiger partial charge in [-0.3, -0.25) is 0 Å². The molecule has 7 heteroatoms. The van der Waals surface area contributed by atoms with Gasteiger partial charge in [-0.15, -0.1) is 0 Å². The summed E-state index contributed by atoms with van der Waals surface area (Å²) in [7, 11) is 0. The molecule has 2 aromatic heterocycles. The van der Waals surface area contributed by atoms with Crippen molar-refractivity contribution in [3.05, 3.63) is 239 Å². The van der Waals surface area contributed by atoms with Crippen LogP contribution < -0.4 is 0 Å². The van der Waals surface area contributed by atoms with Crippen molar-refractivity contribution in [2.45, 2.75) is 89.9 Å². The second-order valence-corrected chi connectivity index (χ2v) is 25.6. The second kappa shape index (κ2) is 19.8. The highest BCUT2D eigenvalue weighted by atomic mass is 19.1. The number of rotatable bonds is 10. The van der Waals surface area contributed by atoms with Crippen LogP contribution in [-0.2, 0) is 17.3 Å². The molecule has 11 aromatic rings. The normalized spacial score (nSPS) is 19.9. The van der Waals surface area contributed by atoms with Crippen molar-refractivity contribution in [3.8, 4) is 113 Å². The van der Waals surface area contributed by atoms with Gasteiger partial charge in [0.05, 0.1) is 5.56 Å². The van der Waals surface area contributed by atoms with Gasteiger partial charge in [-0.25, -0.2) is 34.3 Å². The minimum atomic E-state index is -0.460. The molecule has 0 aliphatic heterocycles. The van der Waals surface area contributed by atoms with Gasteiger partial charge in [0.2, 0.25) is 0 Å². The van der Waals surface area contributed by atoms with Crippen molar-refractivity contribution in [1.82, 2.24) is 29.9 Å². The highest BCUT2D eigenvalue weighted by Crippen LogP contribution is 2.71. The fourth-order valence-electron chi connectivity index (χ4n) is 16.4. The second-order valence-electron chi connectivity index (χ2n) is 25.6. The first-order chi connectivity index (χ1) is 41.5. The Balaban J connectivity index is 0.954. The fourth-order valence-corrected chi connectivity index (χ4v) is 16.4. The first-order valence-electron chi connectivity index (χ1n) is 30.7. The molecule has 17 rings (SSSR count). The molecule has 0 radical (unpaired) electrons. The van der Waals surface area contributed by atoms with Gasteiger partial charge >= 0.3 is 0 Å². The molecule has 6 aliphatic carbocycles. The summed E-state index contributed by atoms with van der Waals surface area (Å²) in [4.78, 5) is 31.3.